The standard InChI is InChI=1S/C7H6ClNO2S/c8-6-2-1-5-4-12(10,11)9-7(5)3-6/h1-3,9H,4H2. The largest absolute Gasteiger partial charge is 0.283 e. The first-order chi connectivity index (χ1) is 5.57. The molecule has 2 rings (SSSR count). The first-order valence-corrected chi connectivity index (χ1v) is 5.39. The molecule has 64 valence electrons. The van der Waals surface area contributed by atoms with Crippen molar-refractivity contribution in [3.05, 3.63) is 28.8 Å². The van der Waals surface area contributed by atoms with Crippen molar-refractivity contribution in [2.24, 2.45) is 0 Å². The van der Waals surface area contributed by atoms with Gasteiger partial charge in [-0.3, -0.25) is 4.72 Å². The average molecular weight is 204 g/mol. The number of sulfonamides is 1. The zero-order valence-corrected chi connectivity index (χ0v) is 7.61. The third-order valence-corrected chi connectivity index (χ3v) is 3.14. The van der Waals surface area contributed by atoms with Gasteiger partial charge in [-0.1, -0.05) is 17.7 Å². The number of rotatable bonds is 0. The molecule has 0 spiro atoms. The number of fused-ring (bicyclic) bond motifs is 1. The van der Waals surface area contributed by atoms with Gasteiger partial charge in [0, 0.05) is 5.02 Å². The Morgan fingerprint density at radius 2 is 2.17 bits per heavy atom. The summed E-state index contributed by atoms with van der Waals surface area (Å²) in [6.45, 7) is 0. The molecule has 0 unspecified atom stereocenters. The van der Waals surface area contributed by atoms with Crippen molar-refractivity contribution in [2.75, 3.05) is 4.72 Å². The smallest absolute Gasteiger partial charge is 0.237 e. The number of hydrogen-bond acceptors (Lipinski definition) is 2. The molecule has 3 nitrogen and oxygen atoms in total. The van der Waals surface area contributed by atoms with Crippen molar-refractivity contribution in [1.29, 1.82) is 0 Å². The highest BCUT2D eigenvalue weighted by Gasteiger charge is 2.22. The predicted molar refractivity (Wildman–Crippen MR) is 47.7 cm³/mol. The summed E-state index contributed by atoms with van der Waals surface area (Å²) in [4.78, 5) is 0. The summed E-state index contributed by atoms with van der Waals surface area (Å²) in [7, 11) is -3.13. The van der Waals surface area contributed by atoms with Crippen LogP contribution in [0.3, 0.4) is 0 Å². The fourth-order valence-electron chi connectivity index (χ4n) is 1.18. The molecule has 1 aromatic rings. The number of halogens is 1. The average Bonchev–Trinajstić information content (AvgIpc) is 2.21. The predicted octanol–water partition coefficient (Wildman–Crippen LogP) is 1.60. The molecule has 0 atom stereocenters. The van der Waals surface area contributed by atoms with E-state index >= 15 is 0 Å². The molecule has 0 fully saturated rings. The van der Waals surface area contributed by atoms with E-state index in [-0.39, 0.29) is 5.75 Å². The van der Waals surface area contributed by atoms with Gasteiger partial charge in [0.1, 0.15) is 0 Å². The maximum Gasteiger partial charge on any atom is 0.237 e. The fraction of sp³-hybridized carbons (Fsp3) is 0.143. The minimum absolute atomic E-state index is 0.0551. The summed E-state index contributed by atoms with van der Waals surface area (Å²) < 4.78 is 24.5. The van der Waals surface area contributed by atoms with Crippen molar-refractivity contribution >= 4 is 27.3 Å². The van der Waals surface area contributed by atoms with Crippen LogP contribution in [-0.2, 0) is 15.8 Å². The van der Waals surface area contributed by atoms with Crippen molar-refractivity contribution in [3.63, 3.8) is 0 Å². The van der Waals surface area contributed by atoms with Gasteiger partial charge in [-0.15, -0.1) is 0 Å². The van der Waals surface area contributed by atoms with Crippen molar-refractivity contribution < 1.29 is 8.42 Å². The Morgan fingerprint density at radius 1 is 1.42 bits per heavy atom. The molecular weight excluding hydrogens is 198 g/mol. The van der Waals surface area contributed by atoms with E-state index in [4.69, 9.17) is 11.6 Å². The highest BCUT2D eigenvalue weighted by molar-refractivity contribution is 7.92. The summed E-state index contributed by atoms with van der Waals surface area (Å²) >= 11 is 5.68. The first-order valence-electron chi connectivity index (χ1n) is 3.36. The molecule has 0 amide bonds. The third kappa shape index (κ3) is 1.28. The molecule has 0 aromatic heterocycles. The van der Waals surface area contributed by atoms with Crippen LogP contribution in [0, 0.1) is 0 Å². The molecule has 1 aliphatic heterocycles. The molecular formula is C7H6ClNO2S. The lowest BCUT2D eigenvalue weighted by Crippen LogP contribution is -2.05. The Hall–Kier alpha value is -0.740. The van der Waals surface area contributed by atoms with E-state index in [9.17, 15) is 8.42 Å². The van der Waals surface area contributed by atoms with Crippen LogP contribution in [-0.4, -0.2) is 8.42 Å². The lowest BCUT2D eigenvalue weighted by molar-refractivity contribution is 0.602. The van der Waals surface area contributed by atoms with Crippen LogP contribution in [0.5, 0.6) is 0 Å². The molecule has 1 aliphatic rings. The van der Waals surface area contributed by atoms with Crippen LogP contribution in [0.2, 0.25) is 5.02 Å². The highest BCUT2D eigenvalue weighted by Crippen LogP contribution is 2.29. The van der Waals surface area contributed by atoms with Crippen LogP contribution in [0.4, 0.5) is 5.69 Å². The van der Waals surface area contributed by atoms with E-state index in [2.05, 4.69) is 4.72 Å². The van der Waals surface area contributed by atoms with Crippen molar-refractivity contribution in [2.45, 2.75) is 5.75 Å². The Bertz CT molecular complexity index is 427. The fourth-order valence-corrected chi connectivity index (χ4v) is 2.61. The van der Waals surface area contributed by atoms with Gasteiger partial charge in [-0.25, -0.2) is 8.42 Å². The Kier molecular flexibility index (Phi) is 1.56. The van der Waals surface area contributed by atoms with Gasteiger partial charge in [-0.05, 0) is 17.7 Å². The Morgan fingerprint density at radius 3 is 2.92 bits per heavy atom. The number of hydrogen-bond donors (Lipinski definition) is 1. The van der Waals surface area contributed by atoms with Gasteiger partial charge in [-0.2, -0.15) is 0 Å². The van der Waals surface area contributed by atoms with Gasteiger partial charge in [0.15, 0.2) is 0 Å². The second kappa shape index (κ2) is 2.37. The first kappa shape index (κ1) is 7.89. The SMILES string of the molecule is O=S1(=O)Cc2ccc(Cl)cc2N1. The van der Waals surface area contributed by atoms with Gasteiger partial charge >= 0.3 is 0 Å². The second-order valence-electron chi connectivity index (χ2n) is 2.66. The van der Waals surface area contributed by atoms with Crippen LogP contribution in [0.1, 0.15) is 5.56 Å². The molecule has 0 aliphatic carbocycles. The lowest BCUT2D eigenvalue weighted by atomic mass is 10.2. The van der Waals surface area contributed by atoms with Gasteiger partial charge in [0.2, 0.25) is 10.0 Å². The lowest BCUT2D eigenvalue weighted by Gasteiger charge is -1.96. The minimum atomic E-state index is -3.13. The summed E-state index contributed by atoms with van der Waals surface area (Å²) in [6, 6.07) is 5.01. The zero-order chi connectivity index (χ0) is 8.77. The zero-order valence-electron chi connectivity index (χ0n) is 6.04. The monoisotopic (exact) mass is 203 g/mol. The summed E-state index contributed by atoms with van der Waals surface area (Å²) in [5, 5.41) is 0.540. The van der Waals surface area contributed by atoms with Crippen LogP contribution in [0.25, 0.3) is 0 Å². The second-order valence-corrected chi connectivity index (χ2v) is 4.82. The third-order valence-electron chi connectivity index (χ3n) is 1.68. The van der Waals surface area contributed by atoms with E-state index < -0.39 is 10.0 Å². The maximum absolute atomic E-state index is 11.0. The van der Waals surface area contributed by atoms with Crippen LogP contribution >= 0.6 is 11.6 Å². The maximum atomic E-state index is 11.0. The number of nitrogens with one attached hydrogen (secondary N) is 1. The van der Waals surface area contributed by atoms with E-state index in [1.54, 1.807) is 18.2 Å². The van der Waals surface area contributed by atoms with Crippen molar-refractivity contribution in [3.8, 4) is 0 Å². The Labute approximate surface area is 75.4 Å². The van der Waals surface area contributed by atoms with E-state index in [0.717, 1.165) is 5.56 Å². The van der Waals surface area contributed by atoms with Crippen LogP contribution < -0.4 is 4.72 Å². The molecule has 12 heavy (non-hydrogen) atoms. The molecule has 0 radical (unpaired) electrons. The molecule has 1 aromatic carbocycles. The van der Waals surface area contributed by atoms with Gasteiger partial charge in [0.25, 0.3) is 0 Å². The number of benzene rings is 1. The van der Waals surface area contributed by atoms with E-state index in [1.807, 2.05) is 0 Å². The molecule has 0 bridgehead atoms. The Balaban J connectivity index is 2.56. The summed E-state index contributed by atoms with van der Waals surface area (Å²) in [5.74, 6) is 0.0551. The van der Waals surface area contributed by atoms with Gasteiger partial charge in [0.05, 0.1) is 11.4 Å². The van der Waals surface area contributed by atoms with E-state index in [1.165, 1.54) is 0 Å². The highest BCUT2D eigenvalue weighted by atomic mass is 35.5. The van der Waals surface area contributed by atoms with Crippen molar-refractivity contribution in [1.82, 2.24) is 0 Å². The molecule has 0 saturated carbocycles. The normalized spacial score (nSPS) is 18.4. The summed E-state index contributed by atoms with van der Waals surface area (Å²) in [5.41, 5.74) is 1.38. The quantitative estimate of drug-likeness (QED) is 0.696. The van der Waals surface area contributed by atoms with E-state index in [0.29, 0.717) is 10.7 Å². The number of anilines is 1. The van der Waals surface area contributed by atoms with Gasteiger partial charge < -0.3 is 0 Å². The molecule has 1 N–H and O–H groups in total. The topological polar surface area (TPSA) is 46.2 Å². The minimum Gasteiger partial charge on any atom is -0.283 e. The molecule has 5 heteroatoms. The molecule has 0 saturated heterocycles. The molecule has 1 heterocycles. The summed E-state index contributed by atoms with van der Waals surface area (Å²) in [6.07, 6.45) is 0. The van der Waals surface area contributed by atoms with Crippen LogP contribution in [0.15, 0.2) is 18.2 Å².